The van der Waals surface area contributed by atoms with Crippen molar-refractivity contribution in [3.63, 3.8) is 0 Å². The van der Waals surface area contributed by atoms with E-state index in [-0.39, 0.29) is 22.2 Å². The van der Waals surface area contributed by atoms with E-state index in [0.29, 0.717) is 36.9 Å². The van der Waals surface area contributed by atoms with E-state index in [9.17, 15) is 32.7 Å². The Bertz CT molecular complexity index is 1210. The molecule has 0 radical (unpaired) electrons. The van der Waals surface area contributed by atoms with Crippen molar-refractivity contribution in [1.29, 1.82) is 0 Å². The number of hydrogen-bond donors (Lipinski definition) is 1. The Balaban J connectivity index is 1.91. The second-order valence-corrected chi connectivity index (χ2v) is 11.4. The highest BCUT2D eigenvalue weighted by molar-refractivity contribution is 6.34. The van der Waals surface area contributed by atoms with Crippen LogP contribution in [0.1, 0.15) is 84.5 Å². The lowest BCUT2D eigenvalue weighted by atomic mass is 9.74. The molecule has 0 atom stereocenters. The summed E-state index contributed by atoms with van der Waals surface area (Å²) < 4.78 is 43.0. The molecule has 2 heterocycles. The van der Waals surface area contributed by atoms with Gasteiger partial charge in [0.2, 0.25) is 0 Å². The fraction of sp³-hybridized carbons (Fsp3) is 0.577. The maximum Gasteiger partial charge on any atom is 0.395 e. The van der Waals surface area contributed by atoms with Crippen molar-refractivity contribution in [1.82, 2.24) is 19.7 Å². The molecule has 38 heavy (non-hydrogen) atoms. The second kappa shape index (κ2) is 10.7. The van der Waals surface area contributed by atoms with Crippen LogP contribution in [-0.2, 0) is 4.79 Å². The van der Waals surface area contributed by atoms with Gasteiger partial charge in [0.1, 0.15) is 0 Å². The van der Waals surface area contributed by atoms with Crippen molar-refractivity contribution in [3.8, 4) is 0 Å². The molecule has 0 aliphatic heterocycles. The number of alkyl halides is 3. The first-order valence-corrected chi connectivity index (χ1v) is 12.6. The van der Waals surface area contributed by atoms with E-state index < -0.39 is 47.8 Å². The molecule has 2 aromatic heterocycles. The number of halogens is 4. The number of aromatic nitrogens is 3. The van der Waals surface area contributed by atoms with Crippen LogP contribution in [0.3, 0.4) is 0 Å². The lowest BCUT2D eigenvalue weighted by Crippen LogP contribution is -2.47. The van der Waals surface area contributed by atoms with Crippen molar-refractivity contribution in [2.45, 2.75) is 72.5 Å². The van der Waals surface area contributed by atoms with Crippen molar-refractivity contribution in [3.05, 3.63) is 46.0 Å². The minimum Gasteiger partial charge on any atom is -0.481 e. The van der Waals surface area contributed by atoms with E-state index in [1.54, 1.807) is 25.5 Å². The van der Waals surface area contributed by atoms with Gasteiger partial charge >= 0.3 is 12.1 Å². The average Bonchev–Trinajstić information content (AvgIpc) is 3.18. The molecule has 1 saturated carbocycles. The van der Waals surface area contributed by atoms with Crippen LogP contribution in [0.25, 0.3) is 0 Å². The average molecular weight is 557 g/mol. The fourth-order valence-electron chi connectivity index (χ4n) is 4.77. The fourth-order valence-corrected chi connectivity index (χ4v) is 5.08. The third kappa shape index (κ3) is 5.87. The lowest BCUT2D eigenvalue weighted by molar-refractivity contribution is -0.214. The van der Waals surface area contributed by atoms with Gasteiger partial charge in [0.15, 0.2) is 5.78 Å². The summed E-state index contributed by atoms with van der Waals surface area (Å²) in [6, 6.07) is -0.149. The van der Waals surface area contributed by atoms with Gasteiger partial charge in [-0.15, -0.1) is 0 Å². The van der Waals surface area contributed by atoms with Crippen LogP contribution in [-0.4, -0.2) is 61.7 Å². The zero-order valence-electron chi connectivity index (χ0n) is 22.0. The maximum absolute atomic E-state index is 13.8. The number of aliphatic carboxylic acids is 1. The number of carboxylic acids is 1. The highest BCUT2D eigenvalue weighted by Gasteiger charge is 2.49. The molecular formula is C26H32ClF3N4O4. The number of ketones is 1. The SMILES string of the molecule is Cc1cncc(Cl)c1C(=O)CN(CC(C)(C)C(F)(F)F)C(=O)c1cnn(C2CCC(C)(C(=O)O)CC2)c1C. The quantitative estimate of drug-likeness (QED) is 0.420. The summed E-state index contributed by atoms with van der Waals surface area (Å²) in [4.78, 5) is 43.2. The number of carbonyl (C=O) groups is 3. The molecule has 1 aliphatic carbocycles. The van der Waals surface area contributed by atoms with Gasteiger partial charge in [-0.05, 0) is 65.9 Å². The molecule has 1 N–H and O–H groups in total. The van der Waals surface area contributed by atoms with Gasteiger partial charge in [-0.25, -0.2) is 0 Å². The van der Waals surface area contributed by atoms with Crippen LogP contribution in [0.2, 0.25) is 5.02 Å². The summed E-state index contributed by atoms with van der Waals surface area (Å²) in [5.41, 5.74) is -2.06. The molecule has 1 amide bonds. The zero-order valence-corrected chi connectivity index (χ0v) is 22.8. The molecule has 1 aliphatic rings. The molecule has 0 saturated heterocycles. The van der Waals surface area contributed by atoms with E-state index in [1.807, 2.05) is 0 Å². The Morgan fingerprint density at radius 2 is 1.76 bits per heavy atom. The number of carbonyl (C=O) groups excluding carboxylic acids is 2. The minimum absolute atomic E-state index is 0.0483. The highest BCUT2D eigenvalue weighted by Crippen LogP contribution is 2.42. The summed E-state index contributed by atoms with van der Waals surface area (Å²) >= 11 is 6.15. The second-order valence-electron chi connectivity index (χ2n) is 11.0. The Hall–Kier alpha value is -2.95. The van der Waals surface area contributed by atoms with Gasteiger partial charge in [-0.3, -0.25) is 24.0 Å². The minimum atomic E-state index is -4.63. The number of nitrogens with zero attached hydrogens (tertiary/aromatic N) is 4. The first kappa shape index (κ1) is 29.6. The Morgan fingerprint density at radius 3 is 2.29 bits per heavy atom. The number of aryl methyl sites for hydroxylation is 1. The summed E-state index contributed by atoms with van der Waals surface area (Å²) in [6.07, 6.45) is 1.27. The standard InChI is InChI=1S/C26H32ClF3N4O4/c1-15-10-31-12-19(27)21(15)20(35)13-33(14-24(3,4)26(28,29)30)22(36)18-11-32-34(16(18)2)17-6-8-25(5,9-7-17)23(37)38/h10-12,17H,6-9,13-14H2,1-5H3,(H,37,38). The lowest BCUT2D eigenvalue weighted by Gasteiger charge is -2.35. The van der Waals surface area contributed by atoms with Gasteiger partial charge in [-0.1, -0.05) is 11.6 Å². The van der Waals surface area contributed by atoms with Crippen LogP contribution >= 0.6 is 11.6 Å². The topological polar surface area (TPSA) is 105 Å². The molecule has 12 heteroatoms. The first-order chi connectivity index (χ1) is 17.5. The van der Waals surface area contributed by atoms with E-state index in [2.05, 4.69) is 10.1 Å². The summed E-state index contributed by atoms with van der Waals surface area (Å²) in [5, 5.41) is 13.9. The molecule has 8 nitrogen and oxygen atoms in total. The van der Waals surface area contributed by atoms with E-state index in [0.717, 1.165) is 18.7 Å². The third-order valence-corrected chi connectivity index (χ3v) is 7.83. The maximum atomic E-state index is 13.8. The number of rotatable bonds is 8. The molecule has 2 aromatic rings. The smallest absolute Gasteiger partial charge is 0.395 e. The summed E-state index contributed by atoms with van der Waals surface area (Å²) in [6.45, 7) is 5.52. The normalized spacial score (nSPS) is 20.3. The molecule has 208 valence electrons. The van der Waals surface area contributed by atoms with Crippen LogP contribution in [0.5, 0.6) is 0 Å². The molecule has 0 unspecified atom stereocenters. The van der Waals surface area contributed by atoms with Crippen molar-refractivity contribution in [2.75, 3.05) is 13.1 Å². The molecular weight excluding hydrogens is 525 g/mol. The van der Waals surface area contributed by atoms with E-state index in [1.165, 1.54) is 18.6 Å². The van der Waals surface area contributed by atoms with E-state index >= 15 is 0 Å². The Morgan fingerprint density at radius 1 is 1.16 bits per heavy atom. The monoisotopic (exact) mass is 556 g/mol. The van der Waals surface area contributed by atoms with Gasteiger partial charge in [0.05, 0.1) is 40.2 Å². The van der Waals surface area contributed by atoms with Crippen LogP contribution in [0.4, 0.5) is 13.2 Å². The largest absolute Gasteiger partial charge is 0.481 e. The third-order valence-electron chi connectivity index (χ3n) is 7.54. The van der Waals surface area contributed by atoms with Crippen molar-refractivity contribution in [2.24, 2.45) is 10.8 Å². The zero-order chi connectivity index (χ0) is 28.6. The number of hydrogen-bond acceptors (Lipinski definition) is 5. The van der Waals surface area contributed by atoms with Gasteiger partial charge in [0, 0.05) is 30.2 Å². The first-order valence-electron chi connectivity index (χ1n) is 12.3. The Kier molecular flexibility index (Phi) is 8.31. The molecule has 0 spiro atoms. The van der Waals surface area contributed by atoms with E-state index in [4.69, 9.17) is 11.6 Å². The van der Waals surface area contributed by atoms with Gasteiger partial charge in [-0.2, -0.15) is 18.3 Å². The number of Topliss-reactive ketones (excluding diaryl/α,β-unsaturated/α-hetero) is 1. The van der Waals surface area contributed by atoms with Gasteiger partial charge < -0.3 is 10.0 Å². The number of carboxylic acid groups (broad SMARTS) is 1. The number of amides is 1. The van der Waals surface area contributed by atoms with Crippen LogP contribution in [0, 0.1) is 24.7 Å². The predicted molar refractivity (Wildman–Crippen MR) is 134 cm³/mol. The molecule has 3 rings (SSSR count). The van der Waals surface area contributed by atoms with Crippen LogP contribution < -0.4 is 0 Å². The molecule has 0 bridgehead atoms. The highest BCUT2D eigenvalue weighted by atomic mass is 35.5. The van der Waals surface area contributed by atoms with Crippen LogP contribution in [0.15, 0.2) is 18.6 Å². The van der Waals surface area contributed by atoms with Crippen molar-refractivity contribution < 1.29 is 32.7 Å². The summed E-state index contributed by atoms with van der Waals surface area (Å²) in [7, 11) is 0. The summed E-state index contributed by atoms with van der Waals surface area (Å²) in [5.74, 6) is -2.22. The van der Waals surface area contributed by atoms with Gasteiger partial charge in [0.25, 0.3) is 5.91 Å². The predicted octanol–water partition coefficient (Wildman–Crippen LogP) is 5.67. The molecule has 0 aromatic carbocycles. The Labute approximate surface area is 224 Å². The van der Waals surface area contributed by atoms with Crippen molar-refractivity contribution >= 4 is 29.3 Å². The number of pyridine rings is 1. The molecule has 1 fully saturated rings.